The highest BCUT2D eigenvalue weighted by molar-refractivity contribution is 5.90. The van der Waals surface area contributed by atoms with E-state index in [9.17, 15) is 39.9 Å². The van der Waals surface area contributed by atoms with Crippen LogP contribution in [0.3, 0.4) is 0 Å². The van der Waals surface area contributed by atoms with E-state index in [0.717, 1.165) is 10.9 Å². The molecule has 2 aliphatic heterocycles. The monoisotopic (exact) mass is 650 g/mol. The molecular formula is C27H26F8N6O4. The first-order valence-corrected chi connectivity index (χ1v) is 13.4. The number of carbonyl (C=O) groups is 1. The van der Waals surface area contributed by atoms with Crippen LogP contribution in [0.4, 0.5) is 51.6 Å². The van der Waals surface area contributed by atoms with E-state index in [4.69, 9.17) is 4.74 Å². The van der Waals surface area contributed by atoms with Crippen LogP contribution in [0.1, 0.15) is 61.9 Å². The number of hydrogen-bond donors (Lipinski definition) is 0. The number of aryl methyl sites for hydroxylation is 1. The van der Waals surface area contributed by atoms with E-state index in [2.05, 4.69) is 24.9 Å². The van der Waals surface area contributed by atoms with Gasteiger partial charge < -0.3 is 19.1 Å². The highest BCUT2D eigenvalue weighted by Gasteiger charge is 2.46. The molecule has 3 heterocycles. The Morgan fingerprint density at radius 2 is 1.60 bits per heavy atom. The van der Waals surface area contributed by atoms with Crippen molar-refractivity contribution >= 4 is 17.7 Å². The molecule has 2 aliphatic rings. The van der Waals surface area contributed by atoms with Gasteiger partial charge in [0.1, 0.15) is 5.60 Å². The van der Waals surface area contributed by atoms with Crippen molar-refractivity contribution in [2.24, 2.45) is 7.05 Å². The summed E-state index contributed by atoms with van der Waals surface area (Å²) < 4.78 is 125. The predicted molar refractivity (Wildman–Crippen MR) is 140 cm³/mol. The van der Waals surface area contributed by atoms with E-state index in [1.54, 1.807) is 20.8 Å². The minimum atomic E-state index is -5.10. The number of tetrazole rings is 1. The first kappa shape index (κ1) is 32.0. The molecule has 3 aromatic rings. The fourth-order valence-corrected chi connectivity index (χ4v) is 5.07. The van der Waals surface area contributed by atoms with Gasteiger partial charge >= 0.3 is 24.7 Å². The van der Waals surface area contributed by atoms with Crippen LogP contribution in [-0.2, 0) is 30.7 Å². The van der Waals surface area contributed by atoms with E-state index in [0.29, 0.717) is 12.1 Å². The number of aromatic nitrogens is 4. The van der Waals surface area contributed by atoms with Crippen molar-refractivity contribution in [3.05, 3.63) is 52.6 Å². The summed E-state index contributed by atoms with van der Waals surface area (Å²) in [6.45, 7) is 4.28. The second-order valence-corrected chi connectivity index (χ2v) is 11.4. The maximum Gasteiger partial charge on any atom is 0.586 e. The Bertz CT molecular complexity index is 1570. The van der Waals surface area contributed by atoms with Gasteiger partial charge in [0.15, 0.2) is 11.5 Å². The number of carbonyl (C=O) groups excluding carboxylic acids is 1. The molecule has 2 aromatic carbocycles. The van der Waals surface area contributed by atoms with E-state index in [-0.39, 0.29) is 42.7 Å². The van der Waals surface area contributed by atoms with Gasteiger partial charge in [-0.05, 0) is 68.7 Å². The molecule has 45 heavy (non-hydrogen) atoms. The lowest BCUT2D eigenvalue weighted by Gasteiger charge is -2.32. The smallest absolute Gasteiger partial charge is 0.443 e. The van der Waals surface area contributed by atoms with Gasteiger partial charge in [-0.1, -0.05) is 5.10 Å². The third-order valence-corrected chi connectivity index (χ3v) is 6.80. The normalized spacial score (nSPS) is 18.0. The summed E-state index contributed by atoms with van der Waals surface area (Å²) in [5.41, 5.74) is -4.20. The van der Waals surface area contributed by atoms with Gasteiger partial charge in [0, 0.05) is 24.7 Å². The third kappa shape index (κ3) is 6.98. The lowest BCUT2D eigenvalue weighted by Crippen LogP contribution is -2.37. The molecule has 18 heteroatoms. The second kappa shape index (κ2) is 10.9. The van der Waals surface area contributed by atoms with Gasteiger partial charge in [-0.15, -0.1) is 13.9 Å². The van der Waals surface area contributed by atoms with Crippen molar-refractivity contribution < 1.29 is 54.1 Å². The van der Waals surface area contributed by atoms with Crippen LogP contribution < -0.4 is 19.3 Å². The average Bonchev–Trinajstić information content (AvgIpc) is 3.39. The molecule has 1 atom stereocenters. The number of anilines is 2. The minimum absolute atomic E-state index is 0.00882. The summed E-state index contributed by atoms with van der Waals surface area (Å²) in [5, 5.41) is 11.8. The summed E-state index contributed by atoms with van der Waals surface area (Å²) in [6, 6.07) is 2.48. The van der Waals surface area contributed by atoms with Crippen LogP contribution in [0.25, 0.3) is 0 Å². The van der Waals surface area contributed by atoms with Crippen LogP contribution in [0.5, 0.6) is 11.5 Å². The zero-order valence-electron chi connectivity index (χ0n) is 24.1. The lowest BCUT2D eigenvalue weighted by molar-refractivity contribution is -0.286. The number of alkyl halides is 8. The number of hydrogen-bond acceptors (Lipinski definition) is 8. The molecule has 0 aliphatic carbocycles. The molecule has 0 bridgehead atoms. The lowest BCUT2D eigenvalue weighted by atomic mass is 9.97. The molecule has 1 amide bonds. The van der Waals surface area contributed by atoms with Crippen molar-refractivity contribution in [2.45, 2.75) is 70.4 Å². The Kier molecular flexibility index (Phi) is 7.76. The van der Waals surface area contributed by atoms with Crippen LogP contribution in [-0.4, -0.2) is 44.7 Å². The molecule has 10 nitrogen and oxygen atoms in total. The maximum absolute atomic E-state index is 14.1. The van der Waals surface area contributed by atoms with Gasteiger partial charge in [0.25, 0.3) is 5.95 Å². The predicted octanol–water partition coefficient (Wildman–Crippen LogP) is 6.85. The number of rotatable bonds is 4. The summed E-state index contributed by atoms with van der Waals surface area (Å²) >= 11 is 0. The highest BCUT2D eigenvalue weighted by Crippen LogP contribution is 2.49. The molecule has 0 saturated carbocycles. The first-order chi connectivity index (χ1) is 20.7. The average molecular weight is 651 g/mol. The van der Waals surface area contributed by atoms with E-state index in [1.807, 2.05) is 0 Å². The van der Waals surface area contributed by atoms with Gasteiger partial charge in [0.2, 0.25) is 0 Å². The Balaban J connectivity index is 1.66. The molecule has 0 radical (unpaired) electrons. The third-order valence-electron chi connectivity index (χ3n) is 6.80. The maximum atomic E-state index is 14.1. The van der Waals surface area contributed by atoms with Crippen molar-refractivity contribution in [3.63, 3.8) is 0 Å². The Morgan fingerprint density at radius 3 is 2.13 bits per heavy atom. The Morgan fingerprint density at radius 1 is 1.00 bits per heavy atom. The molecule has 244 valence electrons. The Labute approximate surface area is 250 Å². The van der Waals surface area contributed by atoms with Crippen LogP contribution in [0.2, 0.25) is 0 Å². The van der Waals surface area contributed by atoms with E-state index < -0.39 is 71.1 Å². The first-order valence-electron chi connectivity index (χ1n) is 13.4. The quantitative estimate of drug-likeness (QED) is 0.283. The topological polar surface area (TPSA) is 94.8 Å². The van der Waals surface area contributed by atoms with Gasteiger partial charge in [0.05, 0.1) is 29.9 Å². The van der Waals surface area contributed by atoms with Crippen molar-refractivity contribution in [2.75, 3.05) is 16.3 Å². The molecular weight excluding hydrogens is 624 g/mol. The van der Waals surface area contributed by atoms with Crippen molar-refractivity contribution in [3.8, 4) is 11.5 Å². The Hall–Kier alpha value is -4.38. The number of ether oxygens (including phenoxy) is 3. The number of amides is 1. The molecule has 0 fully saturated rings. The molecule has 0 spiro atoms. The molecule has 0 unspecified atom stereocenters. The highest BCUT2D eigenvalue weighted by atomic mass is 19.4. The molecule has 0 N–H and O–H groups in total. The summed E-state index contributed by atoms with van der Waals surface area (Å²) in [4.78, 5) is 16.8. The number of nitrogens with zero attached hydrogens (tertiary/aromatic N) is 6. The van der Waals surface area contributed by atoms with Gasteiger partial charge in [-0.2, -0.15) is 31.1 Å². The summed E-state index contributed by atoms with van der Waals surface area (Å²) in [7, 11) is 1.39. The van der Waals surface area contributed by atoms with E-state index >= 15 is 0 Å². The van der Waals surface area contributed by atoms with E-state index in [1.165, 1.54) is 22.9 Å². The van der Waals surface area contributed by atoms with Crippen molar-refractivity contribution in [1.29, 1.82) is 0 Å². The zero-order valence-corrected chi connectivity index (χ0v) is 24.1. The molecule has 1 aromatic heterocycles. The van der Waals surface area contributed by atoms with Crippen LogP contribution in [0.15, 0.2) is 30.3 Å². The summed E-state index contributed by atoms with van der Waals surface area (Å²) in [5.74, 6) is -0.988. The summed E-state index contributed by atoms with van der Waals surface area (Å²) in [6.07, 6.45) is -14.7. The number of benzene rings is 2. The number of fused-ring (bicyclic) bond motifs is 2. The van der Waals surface area contributed by atoms with Gasteiger partial charge in [-0.3, -0.25) is 4.90 Å². The minimum Gasteiger partial charge on any atom is -0.443 e. The van der Waals surface area contributed by atoms with Crippen LogP contribution in [0, 0.1) is 0 Å². The SMILES string of the molecule is Cn1nnc(N(Cc2cc(C(F)(F)F)cc(C(F)(F)F)c2)[C@H]2CCCN(C(=O)OC(C)(C)C)c3cc4c(cc32)OC(F)(F)O4)n1. The number of halogens is 8. The fraction of sp³-hybridized carbons (Fsp3) is 0.481. The standard InChI is InChI=1S/C27H26F8N6O4/c1-24(2,3)45-23(42)40-7-5-6-18(17-11-20-21(12-19(17)40)44-27(34,35)43-20)41(22-36-38-39(4)37-22)13-14-8-15(25(28,29)30)10-16(9-14)26(31,32)33/h8-12,18H,5-7,13H2,1-4H3/t18-/m0/s1. The zero-order chi connectivity index (χ0) is 33.1. The molecule has 0 saturated heterocycles. The second-order valence-electron chi connectivity index (χ2n) is 11.4. The molecule has 5 rings (SSSR count). The fourth-order valence-electron chi connectivity index (χ4n) is 5.07. The van der Waals surface area contributed by atoms with Crippen LogP contribution >= 0.6 is 0 Å². The van der Waals surface area contributed by atoms with Crippen molar-refractivity contribution in [1.82, 2.24) is 20.2 Å². The largest absolute Gasteiger partial charge is 0.586 e. The van der Waals surface area contributed by atoms with Gasteiger partial charge in [-0.25, -0.2) is 4.79 Å².